The first kappa shape index (κ1) is 10.9. The quantitative estimate of drug-likeness (QED) is 0.929. The summed E-state index contributed by atoms with van der Waals surface area (Å²) in [5.41, 5.74) is 1.34. The number of halogens is 1. The maximum absolute atomic E-state index is 5.54. The molecule has 0 amide bonds. The summed E-state index contributed by atoms with van der Waals surface area (Å²) in [4.78, 5) is 0. The molecular formula is C11H12BrNOS. The Balaban J connectivity index is 2.11. The van der Waals surface area contributed by atoms with Crippen LogP contribution in [0.15, 0.2) is 38.0 Å². The molecule has 0 radical (unpaired) electrons. The minimum atomic E-state index is 0.242. The molecule has 15 heavy (non-hydrogen) atoms. The van der Waals surface area contributed by atoms with E-state index in [0.29, 0.717) is 0 Å². The molecule has 1 atom stereocenters. The predicted octanol–water partition coefficient (Wildman–Crippen LogP) is 3.61. The molecule has 0 bridgehead atoms. The molecule has 0 fully saturated rings. The third-order valence-corrected chi connectivity index (χ3v) is 3.46. The van der Waals surface area contributed by atoms with Gasteiger partial charge in [-0.3, -0.25) is 0 Å². The van der Waals surface area contributed by atoms with Crippen molar-refractivity contribution in [2.45, 2.75) is 12.5 Å². The van der Waals surface area contributed by atoms with Crippen LogP contribution in [0.2, 0.25) is 0 Å². The lowest BCUT2D eigenvalue weighted by Gasteiger charge is -2.12. The molecule has 2 rings (SSSR count). The molecule has 0 aliphatic heterocycles. The first-order valence-corrected chi connectivity index (χ1v) is 6.46. The van der Waals surface area contributed by atoms with Crippen molar-refractivity contribution in [2.24, 2.45) is 0 Å². The van der Waals surface area contributed by atoms with Crippen LogP contribution in [0.5, 0.6) is 0 Å². The Kier molecular flexibility index (Phi) is 3.61. The summed E-state index contributed by atoms with van der Waals surface area (Å²) in [7, 11) is 1.95. The van der Waals surface area contributed by atoms with Gasteiger partial charge in [-0.25, -0.2) is 0 Å². The maximum atomic E-state index is 5.54. The smallest absolute Gasteiger partial charge is 0.169 e. The highest BCUT2D eigenvalue weighted by Crippen LogP contribution is 2.23. The Morgan fingerprint density at radius 3 is 2.87 bits per heavy atom. The molecule has 2 nitrogen and oxygen atoms in total. The third-order valence-electron chi connectivity index (χ3n) is 2.31. The molecule has 4 heteroatoms. The zero-order valence-electron chi connectivity index (χ0n) is 8.37. The SMILES string of the molecule is CNC(Cc1ccsc1)c1ccc(Br)o1. The molecular weight excluding hydrogens is 274 g/mol. The molecule has 0 aliphatic rings. The van der Waals surface area contributed by atoms with Crippen LogP contribution in [0, 0.1) is 0 Å². The van der Waals surface area contributed by atoms with Gasteiger partial charge in [-0.15, -0.1) is 0 Å². The van der Waals surface area contributed by atoms with Gasteiger partial charge in [-0.05, 0) is 63.9 Å². The maximum Gasteiger partial charge on any atom is 0.169 e. The summed E-state index contributed by atoms with van der Waals surface area (Å²) in [5.74, 6) is 0.968. The summed E-state index contributed by atoms with van der Waals surface area (Å²) >= 11 is 5.04. The molecule has 0 saturated heterocycles. The molecule has 0 aromatic carbocycles. The van der Waals surface area contributed by atoms with Crippen LogP contribution in [0.3, 0.4) is 0 Å². The average molecular weight is 286 g/mol. The van der Waals surface area contributed by atoms with Crippen LogP contribution in [-0.2, 0) is 6.42 Å². The van der Waals surface area contributed by atoms with E-state index in [9.17, 15) is 0 Å². The van der Waals surface area contributed by atoms with Gasteiger partial charge in [-0.2, -0.15) is 11.3 Å². The van der Waals surface area contributed by atoms with Crippen LogP contribution < -0.4 is 5.32 Å². The summed E-state index contributed by atoms with van der Waals surface area (Å²) in [5, 5.41) is 7.53. The predicted molar refractivity (Wildman–Crippen MR) is 66.2 cm³/mol. The summed E-state index contributed by atoms with van der Waals surface area (Å²) in [6.07, 6.45) is 0.958. The zero-order valence-corrected chi connectivity index (χ0v) is 10.8. The Labute approximate surface area is 101 Å². The van der Waals surface area contributed by atoms with Crippen molar-refractivity contribution in [3.05, 3.63) is 45.0 Å². The zero-order chi connectivity index (χ0) is 10.7. The Hall–Kier alpha value is -0.580. The highest BCUT2D eigenvalue weighted by atomic mass is 79.9. The largest absolute Gasteiger partial charge is 0.453 e. The molecule has 1 unspecified atom stereocenters. The van der Waals surface area contributed by atoms with Crippen molar-refractivity contribution < 1.29 is 4.42 Å². The summed E-state index contributed by atoms with van der Waals surface area (Å²) in [6.45, 7) is 0. The Bertz CT molecular complexity index is 410. The lowest BCUT2D eigenvalue weighted by molar-refractivity contribution is 0.417. The van der Waals surface area contributed by atoms with Gasteiger partial charge >= 0.3 is 0 Å². The highest BCUT2D eigenvalue weighted by molar-refractivity contribution is 9.10. The highest BCUT2D eigenvalue weighted by Gasteiger charge is 2.13. The number of hydrogen-bond acceptors (Lipinski definition) is 3. The lowest BCUT2D eigenvalue weighted by Crippen LogP contribution is -2.17. The molecule has 1 N–H and O–H groups in total. The normalized spacial score (nSPS) is 12.9. The number of nitrogens with one attached hydrogen (secondary N) is 1. The molecule has 0 spiro atoms. The average Bonchev–Trinajstić information content (AvgIpc) is 2.85. The molecule has 2 heterocycles. The van der Waals surface area contributed by atoms with E-state index in [1.54, 1.807) is 11.3 Å². The van der Waals surface area contributed by atoms with Crippen molar-refractivity contribution >= 4 is 27.3 Å². The van der Waals surface area contributed by atoms with Crippen molar-refractivity contribution in [2.75, 3.05) is 7.05 Å². The molecule has 0 saturated carbocycles. The first-order chi connectivity index (χ1) is 7.29. The van der Waals surface area contributed by atoms with Crippen molar-refractivity contribution in [1.29, 1.82) is 0 Å². The number of furan rings is 1. The molecule has 80 valence electrons. The summed E-state index contributed by atoms with van der Waals surface area (Å²) < 4.78 is 6.32. The Morgan fingerprint density at radius 2 is 2.33 bits per heavy atom. The van der Waals surface area contributed by atoms with Gasteiger partial charge in [0.1, 0.15) is 5.76 Å². The van der Waals surface area contributed by atoms with Crippen LogP contribution in [0.25, 0.3) is 0 Å². The second-order valence-electron chi connectivity index (χ2n) is 3.32. The van der Waals surface area contributed by atoms with Gasteiger partial charge in [0.25, 0.3) is 0 Å². The molecule has 2 aromatic heterocycles. The fourth-order valence-corrected chi connectivity index (χ4v) is 2.51. The van der Waals surface area contributed by atoms with E-state index in [1.807, 2.05) is 19.2 Å². The fourth-order valence-electron chi connectivity index (χ4n) is 1.50. The van der Waals surface area contributed by atoms with Crippen molar-refractivity contribution in [3.8, 4) is 0 Å². The van der Waals surface area contributed by atoms with Gasteiger partial charge in [0.2, 0.25) is 0 Å². The number of rotatable bonds is 4. The second kappa shape index (κ2) is 4.96. The van der Waals surface area contributed by atoms with E-state index in [2.05, 4.69) is 38.1 Å². The lowest BCUT2D eigenvalue weighted by atomic mass is 10.1. The monoisotopic (exact) mass is 285 g/mol. The minimum absolute atomic E-state index is 0.242. The van der Waals surface area contributed by atoms with E-state index in [1.165, 1.54) is 5.56 Å². The fraction of sp³-hybridized carbons (Fsp3) is 0.273. The van der Waals surface area contributed by atoms with Crippen LogP contribution in [-0.4, -0.2) is 7.05 Å². The van der Waals surface area contributed by atoms with Crippen molar-refractivity contribution in [1.82, 2.24) is 5.32 Å². The summed E-state index contributed by atoms with van der Waals surface area (Å²) in [6, 6.07) is 6.31. The van der Waals surface area contributed by atoms with E-state index >= 15 is 0 Å². The molecule has 2 aromatic rings. The number of likely N-dealkylation sites (N-methyl/N-ethyl adjacent to an activating group) is 1. The Morgan fingerprint density at radius 1 is 1.47 bits per heavy atom. The topological polar surface area (TPSA) is 25.2 Å². The van der Waals surface area contributed by atoms with Gasteiger partial charge in [0.15, 0.2) is 4.67 Å². The van der Waals surface area contributed by atoms with E-state index < -0.39 is 0 Å². The first-order valence-electron chi connectivity index (χ1n) is 4.73. The van der Waals surface area contributed by atoms with Gasteiger partial charge < -0.3 is 9.73 Å². The van der Waals surface area contributed by atoms with Gasteiger partial charge in [-0.1, -0.05) is 0 Å². The van der Waals surface area contributed by atoms with E-state index in [0.717, 1.165) is 16.9 Å². The number of hydrogen-bond donors (Lipinski definition) is 1. The van der Waals surface area contributed by atoms with Crippen LogP contribution in [0.4, 0.5) is 0 Å². The van der Waals surface area contributed by atoms with Crippen molar-refractivity contribution in [3.63, 3.8) is 0 Å². The standard InChI is InChI=1S/C11H12BrNOS/c1-13-9(6-8-4-5-15-7-8)10-2-3-11(12)14-10/h2-5,7,9,13H,6H2,1H3. The third kappa shape index (κ3) is 2.71. The van der Waals surface area contributed by atoms with Gasteiger partial charge in [0.05, 0.1) is 6.04 Å². The van der Waals surface area contributed by atoms with E-state index in [4.69, 9.17) is 4.42 Å². The van der Waals surface area contributed by atoms with Crippen LogP contribution >= 0.6 is 27.3 Å². The minimum Gasteiger partial charge on any atom is -0.453 e. The second-order valence-corrected chi connectivity index (χ2v) is 4.88. The van der Waals surface area contributed by atoms with Crippen LogP contribution in [0.1, 0.15) is 17.4 Å². The van der Waals surface area contributed by atoms with Gasteiger partial charge in [0, 0.05) is 0 Å². The van der Waals surface area contributed by atoms with E-state index in [-0.39, 0.29) is 6.04 Å². The number of thiophene rings is 1. The molecule has 0 aliphatic carbocycles.